The molecule has 0 bridgehead atoms. The normalized spacial score (nSPS) is 13.2. The van der Waals surface area contributed by atoms with Gasteiger partial charge in [-0.05, 0) is 24.6 Å². The molecule has 7 heteroatoms. The first-order valence-corrected chi connectivity index (χ1v) is 7.72. The lowest BCUT2D eigenvalue weighted by molar-refractivity contribution is -0.136. The van der Waals surface area contributed by atoms with Crippen LogP contribution >= 0.6 is 15.9 Å². The van der Waals surface area contributed by atoms with E-state index in [1.54, 1.807) is 19.1 Å². The van der Waals surface area contributed by atoms with Crippen LogP contribution in [0.25, 0.3) is 0 Å². The van der Waals surface area contributed by atoms with Crippen LogP contribution < -0.4 is 4.72 Å². The van der Waals surface area contributed by atoms with Gasteiger partial charge in [-0.2, -0.15) is 0 Å². The average molecular weight is 336 g/mol. The van der Waals surface area contributed by atoms with Gasteiger partial charge in [0.2, 0.25) is 10.0 Å². The van der Waals surface area contributed by atoms with E-state index in [1.165, 1.54) is 0 Å². The number of nitrogens with one attached hydrogen (secondary N) is 1. The molecule has 100 valence electrons. The first kappa shape index (κ1) is 15.1. The predicted octanol–water partition coefficient (Wildman–Crippen LogP) is 1.90. The second-order valence-electron chi connectivity index (χ2n) is 3.85. The standard InChI is InChI=1S/C11H14BrNO4S/c1-8(9-2-4-10(12)5-3-9)13-18(16,17)7-6-11(14)15/h2-5,8,13H,6-7H2,1H3,(H,14,15). The number of hydrogen-bond donors (Lipinski definition) is 2. The Labute approximate surface area is 114 Å². The number of sulfonamides is 1. The van der Waals surface area contributed by atoms with Crippen molar-refractivity contribution in [3.63, 3.8) is 0 Å². The molecule has 0 saturated carbocycles. The van der Waals surface area contributed by atoms with Crippen LogP contribution in [-0.2, 0) is 14.8 Å². The average Bonchev–Trinajstić information content (AvgIpc) is 2.27. The summed E-state index contributed by atoms with van der Waals surface area (Å²) < 4.78 is 26.6. The zero-order valence-electron chi connectivity index (χ0n) is 9.76. The van der Waals surface area contributed by atoms with Crippen LogP contribution in [0.2, 0.25) is 0 Å². The van der Waals surface area contributed by atoms with Gasteiger partial charge in [0.05, 0.1) is 12.2 Å². The zero-order valence-corrected chi connectivity index (χ0v) is 12.2. The maximum atomic E-state index is 11.6. The minimum Gasteiger partial charge on any atom is -0.481 e. The Morgan fingerprint density at radius 1 is 1.39 bits per heavy atom. The Hall–Kier alpha value is -0.920. The molecule has 0 radical (unpaired) electrons. The maximum Gasteiger partial charge on any atom is 0.304 e. The summed E-state index contributed by atoms with van der Waals surface area (Å²) in [6.07, 6.45) is -0.400. The van der Waals surface area contributed by atoms with Crippen molar-refractivity contribution in [2.24, 2.45) is 0 Å². The molecule has 0 amide bonds. The third-order valence-electron chi connectivity index (χ3n) is 2.31. The quantitative estimate of drug-likeness (QED) is 0.831. The summed E-state index contributed by atoms with van der Waals surface area (Å²) in [6, 6.07) is 6.84. The molecular formula is C11H14BrNO4S. The minimum atomic E-state index is -3.58. The fourth-order valence-electron chi connectivity index (χ4n) is 1.37. The Bertz CT molecular complexity index is 512. The third kappa shape index (κ3) is 5.16. The lowest BCUT2D eigenvalue weighted by Crippen LogP contribution is -2.30. The molecule has 0 aliphatic rings. The van der Waals surface area contributed by atoms with Crippen LogP contribution in [0.4, 0.5) is 0 Å². The second-order valence-corrected chi connectivity index (χ2v) is 6.64. The monoisotopic (exact) mass is 335 g/mol. The number of rotatable bonds is 6. The van der Waals surface area contributed by atoms with Gasteiger partial charge in [-0.25, -0.2) is 13.1 Å². The summed E-state index contributed by atoms with van der Waals surface area (Å²) in [6.45, 7) is 1.71. The fourth-order valence-corrected chi connectivity index (χ4v) is 2.87. The van der Waals surface area contributed by atoms with Crippen LogP contribution in [0.15, 0.2) is 28.7 Å². The van der Waals surface area contributed by atoms with E-state index >= 15 is 0 Å². The molecule has 18 heavy (non-hydrogen) atoms. The van der Waals surface area contributed by atoms with E-state index in [1.807, 2.05) is 12.1 Å². The minimum absolute atomic E-state index is 0.392. The smallest absolute Gasteiger partial charge is 0.304 e. The number of benzene rings is 1. The van der Waals surface area contributed by atoms with Crippen LogP contribution in [0, 0.1) is 0 Å². The molecule has 0 spiro atoms. The molecule has 1 aromatic carbocycles. The zero-order chi connectivity index (χ0) is 13.8. The Morgan fingerprint density at radius 2 is 1.94 bits per heavy atom. The van der Waals surface area contributed by atoms with E-state index in [9.17, 15) is 13.2 Å². The first-order chi connectivity index (χ1) is 8.30. The van der Waals surface area contributed by atoms with Gasteiger partial charge >= 0.3 is 5.97 Å². The van der Waals surface area contributed by atoms with Crippen LogP contribution in [-0.4, -0.2) is 25.2 Å². The van der Waals surface area contributed by atoms with E-state index in [0.29, 0.717) is 0 Å². The van der Waals surface area contributed by atoms with Gasteiger partial charge < -0.3 is 5.11 Å². The van der Waals surface area contributed by atoms with Crippen molar-refractivity contribution in [1.29, 1.82) is 0 Å². The number of halogens is 1. The Kier molecular flexibility index (Phi) is 5.30. The summed E-state index contributed by atoms with van der Waals surface area (Å²) in [5.41, 5.74) is 0.817. The molecule has 0 fully saturated rings. The molecule has 1 atom stereocenters. The van der Waals surface area contributed by atoms with E-state index in [4.69, 9.17) is 5.11 Å². The molecule has 5 nitrogen and oxygen atoms in total. The lowest BCUT2D eigenvalue weighted by atomic mass is 10.1. The second kappa shape index (κ2) is 6.31. The summed E-state index contributed by atoms with van der Waals surface area (Å²) in [7, 11) is -3.58. The van der Waals surface area contributed by atoms with Gasteiger partial charge in [0.25, 0.3) is 0 Å². The highest BCUT2D eigenvalue weighted by atomic mass is 79.9. The van der Waals surface area contributed by atoms with Gasteiger partial charge in [0.1, 0.15) is 0 Å². The summed E-state index contributed by atoms with van der Waals surface area (Å²) in [5.74, 6) is -1.54. The highest BCUT2D eigenvalue weighted by Gasteiger charge is 2.17. The maximum absolute atomic E-state index is 11.6. The van der Waals surface area contributed by atoms with E-state index in [-0.39, 0.29) is 0 Å². The van der Waals surface area contributed by atoms with Crippen molar-refractivity contribution in [3.05, 3.63) is 34.3 Å². The number of carboxylic acid groups (broad SMARTS) is 1. The first-order valence-electron chi connectivity index (χ1n) is 5.27. The Balaban J connectivity index is 2.66. The van der Waals surface area contributed by atoms with E-state index in [2.05, 4.69) is 20.7 Å². The molecule has 1 rings (SSSR count). The van der Waals surface area contributed by atoms with Crippen LogP contribution in [0.5, 0.6) is 0 Å². The lowest BCUT2D eigenvalue weighted by Gasteiger charge is -2.14. The predicted molar refractivity (Wildman–Crippen MR) is 71.7 cm³/mol. The molecule has 0 saturated heterocycles. The number of aliphatic carboxylic acids is 1. The molecular weight excluding hydrogens is 322 g/mol. The highest BCUT2D eigenvalue weighted by Crippen LogP contribution is 2.17. The van der Waals surface area contributed by atoms with Gasteiger partial charge in [-0.1, -0.05) is 28.1 Å². The van der Waals surface area contributed by atoms with Crippen molar-refractivity contribution in [2.75, 3.05) is 5.75 Å². The SMILES string of the molecule is CC(NS(=O)(=O)CCC(=O)O)c1ccc(Br)cc1. The molecule has 2 N–H and O–H groups in total. The largest absolute Gasteiger partial charge is 0.481 e. The summed E-state index contributed by atoms with van der Waals surface area (Å²) in [4.78, 5) is 10.3. The number of carbonyl (C=O) groups is 1. The molecule has 0 aliphatic carbocycles. The fraction of sp³-hybridized carbons (Fsp3) is 0.364. The molecule has 1 aromatic rings. The molecule has 0 heterocycles. The van der Waals surface area contributed by atoms with Crippen molar-refractivity contribution in [2.45, 2.75) is 19.4 Å². The van der Waals surface area contributed by atoms with Crippen LogP contribution in [0.3, 0.4) is 0 Å². The van der Waals surface area contributed by atoms with Gasteiger partial charge in [0, 0.05) is 10.5 Å². The van der Waals surface area contributed by atoms with E-state index in [0.717, 1.165) is 10.0 Å². The highest BCUT2D eigenvalue weighted by molar-refractivity contribution is 9.10. The van der Waals surface area contributed by atoms with Crippen molar-refractivity contribution >= 4 is 31.9 Å². The number of hydrogen-bond acceptors (Lipinski definition) is 3. The van der Waals surface area contributed by atoms with Gasteiger partial charge in [-0.15, -0.1) is 0 Å². The summed E-state index contributed by atoms with van der Waals surface area (Å²) in [5, 5.41) is 8.46. The Morgan fingerprint density at radius 3 is 2.44 bits per heavy atom. The van der Waals surface area contributed by atoms with E-state index < -0.39 is 34.2 Å². The molecule has 0 aromatic heterocycles. The topological polar surface area (TPSA) is 83.5 Å². The van der Waals surface area contributed by atoms with Crippen molar-refractivity contribution in [3.8, 4) is 0 Å². The van der Waals surface area contributed by atoms with Gasteiger partial charge in [0.15, 0.2) is 0 Å². The van der Waals surface area contributed by atoms with Crippen molar-refractivity contribution < 1.29 is 18.3 Å². The summed E-state index contributed by atoms with van der Waals surface area (Å²) >= 11 is 3.29. The number of carboxylic acids is 1. The van der Waals surface area contributed by atoms with Gasteiger partial charge in [-0.3, -0.25) is 4.79 Å². The van der Waals surface area contributed by atoms with Crippen molar-refractivity contribution in [1.82, 2.24) is 4.72 Å². The third-order valence-corrected chi connectivity index (χ3v) is 4.29. The molecule has 1 unspecified atom stereocenters. The molecule has 0 aliphatic heterocycles. The van der Waals surface area contributed by atoms with Crippen LogP contribution in [0.1, 0.15) is 24.9 Å².